The fourth-order valence-corrected chi connectivity index (χ4v) is 3.74. The zero-order valence-electron chi connectivity index (χ0n) is 18.2. The Hall–Kier alpha value is -3.33. The first kappa shape index (κ1) is 21.9. The Morgan fingerprint density at radius 2 is 1.94 bits per heavy atom. The van der Waals surface area contributed by atoms with Crippen molar-refractivity contribution in [2.24, 2.45) is 5.92 Å². The summed E-state index contributed by atoms with van der Waals surface area (Å²) in [6, 6.07) is 8.29. The summed E-state index contributed by atoms with van der Waals surface area (Å²) in [5.74, 6) is -1.05. The average Bonchev–Trinajstić information content (AvgIpc) is 3.40. The Balaban J connectivity index is 1.73. The fourth-order valence-electron chi connectivity index (χ4n) is 3.74. The molecule has 9 heteroatoms. The number of halogens is 2. The molecule has 168 valence electrons. The van der Waals surface area contributed by atoms with Crippen LogP contribution < -0.4 is 5.32 Å². The highest BCUT2D eigenvalue weighted by Crippen LogP contribution is 2.37. The second-order valence-electron chi connectivity index (χ2n) is 8.47. The van der Waals surface area contributed by atoms with Gasteiger partial charge in [-0.05, 0) is 37.1 Å². The zero-order valence-corrected chi connectivity index (χ0v) is 18.2. The van der Waals surface area contributed by atoms with E-state index in [4.69, 9.17) is 0 Å². The molecule has 2 N–H and O–H groups in total. The SMILES string of the molecule is CC(C)CNc1ccc2nn([C@H](C)[C@](O)(Cn3cncn3)c3ccc(F)cc3F)cc2c1. The Bertz CT molecular complexity index is 1210. The highest BCUT2D eigenvalue weighted by atomic mass is 19.1. The third-order valence-electron chi connectivity index (χ3n) is 5.59. The number of nitrogens with one attached hydrogen (secondary N) is 1. The van der Waals surface area contributed by atoms with Crippen LogP contribution in [0.3, 0.4) is 0 Å². The van der Waals surface area contributed by atoms with Crippen LogP contribution in [0.25, 0.3) is 10.9 Å². The van der Waals surface area contributed by atoms with Crippen LogP contribution in [0.5, 0.6) is 0 Å². The van der Waals surface area contributed by atoms with E-state index in [2.05, 4.69) is 34.3 Å². The van der Waals surface area contributed by atoms with E-state index in [1.54, 1.807) is 11.6 Å². The monoisotopic (exact) mass is 440 g/mol. The molecule has 0 unspecified atom stereocenters. The van der Waals surface area contributed by atoms with Crippen LogP contribution in [0.4, 0.5) is 14.5 Å². The van der Waals surface area contributed by atoms with Gasteiger partial charge >= 0.3 is 0 Å². The van der Waals surface area contributed by atoms with Crippen molar-refractivity contribution in [2.45, 2.75) is 39.0 Å². The highest BCUT2D eigenvalue weighted by molar-refractivity contribution is 5.82. The summed E-state index contributed by atoms with van der Waals surface area (Å²) in [5.41, 5.74) is -0.0945. The maximum Gasteiger partial charge on any atom is 0.137 e. The number of fused-ring (bicyclic) bond motifs is 1. The molecule has 0 amide bonds. The normalized spacial score (nSPS) is 14.6. The van der Waals surface area contributed by atoms with Gasteiger partial charge in [0, 0.05) is 35.4 Å². The molecule has 0 aliphatic heterocycles. The maximum absolute atomic E-state index is 14.8. The second kappa shape index (κ2) is 8.66. The van der Waals surface area contributed by atoms with Gasteiger partial charge in [0.1, 0.15) is 29.9 Å². The van der Waals surface area contributed by atoms with E-state index in [-0.39, 0.29) is 12.1 Å². The molecule has 7 nitrogen and oxygen atoms in total. The van der Waals surface area contributed by atoms with E-state index in [9.17, 15) is 13.9 Å². The van der Waals surface area contributed by atoms with Crippen LogP contribution in [-0.2, 0) is 12.1 Å². The molecule has 0 bridgehead atoms. The van der Waals surface area contributed by atoms with Crippen LogP contribution in [-0.4, -0.2) is 36.2 Å². The van der Waals surface area contributed by atoms with Crippen molar-refractivity contribution in [3.05, 3.63) is 72.4 Å². The molecule has 32 heavy (non-hydrogen) atoms. The van der Waals surface area contributed by atoms with Gasteiger partial charge in [0.25, 0.3) is 0 Å². The van der Waals surface area contributed by atoms with Crippen molar-refractivity contribution in [2.75, 3.05) is 11.9 Å². The number of benzene rings is 2. The quantitative estimate of drug-likeness (QED) is 0.431. The van der Waals surface area contributed by atoms with Crippen molar-refractivity contribution in [1.82, 2.24) is 24.5 Å². The third kappa shape index (κ3) is 4.34. The molecule has 2 aromatic carbocycles. The minimum atomic E-state index is -1.77. The van der Waals surface area contributed by atoms with Crippen LogP contribution >= 0.6 is 0 Å². The first-order valence-electron chi connectivity index (χ1n) is 10.5. The van der Waals surface area contributed by atoms with Crippen LogP contribution in [0, 0.1) is 17.6 Å². The second-order valence-corrected chi connectivity index (χ2v) is 8.47. The minimum Gasteiger partial charge on any atom is -0.385 e. The van der Waals surface area contributed by atoms with Gasteiger partial charge in [-0.3, -0.25) is 4.68 Å². The first-order valence-corrected chi connectivity index (χ1v) is 10.5. The Labute approximate surface area is 184 Å². The number of rotatable bonds is 8. The van der Waals surface area contributed by atoms with Gasteiger partial charge < -0.3 is 10.4 Å². The smallest absolute Gasteiger partial charge is 0.137 e. The molecule has 4 aromatic rings. The summed E-state index contributed by atoms with van der Waals surface area (Å²) >= 11 is 0. The van der Waals surface area contributed by atoms with E-state index in [0.29, 0.717) is 5.92 Å². The predicted molar refractivity (Wildman–Crippen MR) is 118 cm³/mol. The van der Waals surface area contributed by atoms with Gasteiger partial charge in [-0.25, -0.2) is 18.4 Å². The predicted octanol–water partition coefficient (Wildman–Crippen LogP) is 4.12. The van der Waals surface area contributed by atoms with E-state index >= 15 is 0 Å². The van der Waals surface area contributed by atoms with Gasteiger partial charge in [-0.2, -0.15) is 10.2 Å². The Kier molecular flexibility index (Phi) is 5.92. The lowest BCUT2D eigenvalue weighted by Crippen LogP contribution is -2.40. The van der Waals surface area contributed by atoms with Crippen LogP contribution in [0.1, 0.15) is 32.4 Å². The number of aliphatic hydroxyl groups is 1. The standard InChI is InChI=1S/C23H26F2N6O/c1-15(2)10-27-19-5-7-22-17(8-19)11-31(29-22)16(3)23(32,12-30-14-26-13-28-30)20-6-4-18(24)9-21(20)25/h4-9,11,13-16,27,32H,10,12H2,1-3H3/t16-,23-/m1/s1. The number of hydrogen-bond donors (Lipinski definition) is 2. The topological polar surface area (TPSA) is 80.8 Å². The molecule has 2 heterocycles. The zero-order chi connectivity index (χ0) is 22.9. The summed E-state index contributed by atoms with van der Waals surface area (Å²) in [7, 11) is 0. The molecule has 0 saturated carbocycles. The molecule has 0 spiro atoms. The average molecular weight is 440 g/mol. The van der Waals surface area contributed by atoms with E-state index in [1.807, 2.05) is 24.4 Å². The summed E-state index contributed by atoms with van der Waals surface area (Å²) < 4.78 is 31.3. The fraction of sp³-hybridized carbons (Fsp3) is 0.348. The van der Waals surface area contributed by atoms with Crippen molar-refractivity contribution in [3.63, 3.8) is 0 Å². The summed E-state index contributed by atoms with van der Waals surface area (Å²) in [4.78, 5) is 3.90. The molecule has 0 radical (unpaired) electrons. The van der Waals surface area contributed by atoms with Gasteiger partial charge in [0.2, 0.25) is 0 Å². The molecular formula is C23H26F2N6O. The highest BCUT2D eigenvalue weighted by Gasteiger charge is 2.40. The first-order chi connectivity index (χ1) is 15.3. The number of aromatic nitrogens is 5. The van der Waals surface area contributed by atoms with Crippen LogP contribution in [0.15, 0.2) is 55.2 Å². The Morgan fingerprint density at radius 1 is 1.12 bits per heavy atom. The van der Waals surface area contributed by atoms with Gasteiger partial charge in [0.05, 0.1) is 18.1 Å². The Morgan fingerprint density at radius 3 is 2.62 bits per heavy atom. The molecule has 0 aliphatic rings. The summed E-state index contributed by atoms with van der Waals surface area (Å²) in [6.45, 7) is 6.76. The van der Waals surface area contributed by atoms with Crippen molar-refractivity contribution < 1.29 is 13.9 Å². The minimum absolute atomic E-state index is 0.0410. The number of nitrogens with zero attached hydrogens (tertiary/aromatic N) is 5. The molecule has 2 aromatic heterocycles. The van der Waals surface area contributed by atoms with Gasteiger partial charge in [-0.1, -0.05) is 19.9 Å². The summed E-state index contributed by atoms with van der Waals surface area (Å²) in [6.07, 6.45) is 4.58. The molecular weight excluding hydrogens is 414 g/mol. The molecule has 0 fully saturated rings. The molecule has 4 rings (SSSR count). The van der Waals surface area contributed by atoms with E-state index < -0.39 is 23.3 Å². The molecule has 0 saturated heterocycles. The molecule has 0 aliphatic carbocycles. The summed E-state index contributed by atoms with van der Waals surface area (Å²) in [5, 5.41) is 24.7. The number of anilines is 1. The maximum atomic E-state index is 14.8. The lowest BCUT2D eigenvalue weighted by Gasteiger charge is -2.34. The number of hydrogen-bond acceptors (Lipinski definition) is 5. The van der Waals surface area contributed by atoms with E-state index in [1.165, 1.54) is 23.4 Å². The third-order valence-corrected chi connectivity index (χ3v) is 5.59. The molecule has 2 atom stereocenters. The van der Waals surface area contributed by atoms with Crippen molar-refractivity contribution in [3.8, 4) is 0 Å². The van der Waals surface area contributed by atoms with Crippen LogP contribution in [0.2, 0.25) is 0 Å². The van der Waals surface area contributed by atoms with Crippen molar-refractivity contribution in [1.29, 1.82) is 0 Å². The lowest BCUT2D eigenvalue weighted by molar-refractivity contribution is -0.0366. The largest absolute Gasteiger partial charge is 0.385 e. The van der Waals surface area contributed by atoms with Crippen molar-refractivity contribution >= 4 is 16.6 Å². The lowest BCUT2D eigenvalue weighted by atomic mass is 9.86. The van der Waals surface area contributed by atoms with Gasteiger partial charge in [-0.15, -0.1) is 0 Å². The van der Waals surface area contributed by atoms with E-state index in [0.717, 1.165) is 35.3 Å². The van der Waals surface area contributed by atoms with Gasteiger partial charge in [0.15, 0.2) is 0 Å².